The Morgan fingerprint density at radius 1 is 1.15 bits per heavy atom. The number of alkyl halides is 2. The second-order valence-electron chi connectivity index (χ2n) is 6.27. The Morgan fingerprint density at radius 2 is 1.81 bits per heavy atom. The van der Waals surface area contributed by atoms with Crippen LogP contribution < -0.4 is 0 Å². The van der Waals surface area contributed by atoms with Gasteiger partial charge in [-0.05, 0) is 24.6 Å². The van der Waals surface area contributed by atoms with E-state index in [1.54, 1.807) is 12.1 Å². The zero-order chi connectivity index (χ0) is 19.8. The molecule has 1 aliphatic rings. The number of aryl methyl sites for hydroxylation is 1. The minimum absolute atomic E-state index is 0.0635. The highest BCUT2D eigenvalue weighted by atomic mass is 35.5. The highest BCUT2D eigenvalue weighted by Crippen LogP contribution is 2.25. The van der Waals surface area contributed by atoms with Crippen LogP contribution in [0.25, 0.3) is 0 Å². The van der Waals surface area contributed by atoms with Crippen molar-refractivity contribution in [3.63, 3.8) is 0 Å². The van der Waals surface area contributed by atoms with Gasteiger partial charge in [-0.15, -0.1) is 0 Å². The van der Waals surface area contributed by atoms with Crippen molar-refractivity contribution < 1.29 is 17.2 Å². The first kappa shape index (κ1) is 20.5. The molecule has 1 aromatic carbocycles. The first-order chi connectivity index (χ1) is 12.7. The van der Waals surface area contributed by atoms with Crippen LogP contribution in [0.5, 0.6) is 0 Å². The molecule has 0 unspecified atom stereocenters. The van der Waals surface area contributed by atoms with Crippen molar-refractivity contribution in [1.82, 2.24) is 19.0 Å². The van der Waals surface area contributed by atoms with E-state index < -0.39 is 16.6 Å². The molecular weight excluding hydrogens is 421 g/mol. The van der Waals surface area contributed by atoms with E-state index in [2.05, 4.69) is 10.00 Å². The zero-order valence-corrected chi connectivity index (χ0v) is 16.8. The molecule has 0 atom stereocenters. The normalized spacial score (nSPS) is 17.0. The molecule has 6 nitrogen and oxygen atoms in total. The number of halogens is 4. The molecule has 1 aliphatic heterocycles. The Hall–Kier alpha value is -1.26. The fourth-order valence-electron chi connectivity index (χ4n) is 2.98. The lowest BCUT2D eigenvalue weighted by molar-refractivity contribution is 0.0561. The van der Waals surface area contributed by atoms with Crippen molar-refractivity contribution in [2.75, 3.05) is 26.2 Å². The van der Waals surface area contributed by atoms with E-state index in [9.17, 15) is 17.2 Å². The maximum Gasteiger partial charge on any atom is 0.333 e. The number of benzene rings is 1. The minimum Gasteiger partial charge on any atom is -0.296 e. The number of hydrogen-bond acceptors (Lipinski definition) is 4. The van der Waals surface area contributed by atoms with Gasteiger partial charge in [0.05, 0.1) is 21.9 Å². The lowest BCUT2D eigenvalue weighted by Gasteiger charge is -2.33. The van der Waals surface area contributed by atoms with Crippen molar-refractivity contribution in [3.8, 4) is 0 Å². The van der Waals surface area contributed by atoms with Gasteiger partial charge in [0.25, 0.3) is 0 Å². The van der Waals surface area contributed by atoms with Gasteiger partial charge in [0.15, 0.2) is 0 Å². The second kappa shape index (κ2) is 8.00. The number of aromatic nitrogens is 2. The minimum atomic E-state index is -3.86. The molecule has 11 heteroatoms. The number of sulfonamides is 1. The van der Waals surface area contributed by atoms with Gasteiger partial charge in [-0.25, -0.2) is 13.1 Å². The highest BCUT2D eigenvalue weighted by Gasteiger charge is 2.31. The third-order valence-corrected chi connectivity index (χ3v) is 7.15. The fourth-order valence-corrected chi connectivity index (χ4v) is 4.88. The first-order valence-electron chi connectivity index (χ1n) is 8.19. The third kappa shape index (κ3) is 4.43. The molecular formula is C16H18Cl2F2N4O2S. The predicted molar refractivity (Wildman–Crippen MR) is 98.7 cm³/mol. The summed E-state index contributed by atoms with van der Waals surface area (Å²) in [6, 6.07) is 5.39. The molecule has 0 bridgehead atoms. The van der Waals surface area contributed by atoms with E-state index in [-0.39, 0.29) is 23.7 Å². The zero-order valence-electron chi connectivity index (χ0n) is 14.4. The lowest BCUT2D eigenvalue weighted by Crippen LogP contribution is -2.48. The molecule has 27 heavy (non-hydrogen) atoms. The summed E-state index contributed by atoms with van der Waals surface area (Å²) in [7, 11) is -3.86. The average Bonchev–Trinajstić information content (AvgIpc) is 3.02. The maximum atomic E-state index is 12.8. The van der Waals surface area contributed by atoms with E-state index in [0.29, 0.717) is 34.4 Å². The maximum absolute atomic E-state index is 12.8. The fraction of sp³-hybridized carbons (Fsp3) is 0.438. The number of piperazine rings is 1. The smallest absolute Gasteiger partial charge is 0.296 e. The van der Waals surface area contributed by atoms with Crippen molar-refractivity contribution in [2.45, 2.75) is 24.9 Å². The molecule has 2 aromatic rings. The largest absolute Gasteiger partial charge is 0.333 e. The number of nitrogens with zero attached hydrogens (tertiary/aromatic N) is 4. The molecule has 0 radical (unpaired) electrons. The van der Waals surface area contributed by atoms with Crippen LogP contribution in [-0.4, -0.2) is 53.6 Å². The SMILES string of the molecule is Cc1nn(C(F)F)cc1S(=O)(=O)N1CCN(Cc2ccc(Cl)c(Cl)c2)CC1. The van der Waals surface area contributed by atoms with Crippen LogP contribution in [0.2, 0.25) is 10.0 Å². The van der Waals surface area contributed by atoms with Crippen LogP contribution in [-0.2, 0) is 16.6 Å². The Balaban J connectivity index is 1.66. The monoisotopic (exact) mass is 438 g/mol. The van der Waals surface area contributed by atoms with E-state index in [0.717, 1.165) is 11.8 Å². The van der Waals surface area contributed by atoms with Gasteiger partial charge in [-0.2, -0.15) is 18.2 Å². The van der Waals surface area contributed by atoms with Gasteiger partial charge in [0.1, 0.15) is 4.90 Å². The van der Waals surface area contributed by atoms with E-state index in [1.165, 1.54) is 11.2 Å². The summed E-state index contributed by atoms with van der Waals surface area (Å²) in [4.78, 5) is 1.92. The molecule has 148 valence electrons. The van der Waals surface area contributed by atoms with Crippen molar-refractivity contribution in [1.29, 1.82) is 0 Å². The standard InChI is InChI=1S/C16H18Cl2F2N4O2S/c1-11-15(10-24(21-11)16(19)20)27(25,26)23-6-4-22(5-7-23)9-12-2-3-13(17)14(18)8-12/h2-3,8,10,16H,4-7,9H2,1H3. The van der Waals surface area contributed by atoms with Gasteiger partial charge in [-0.3, -0.25) is 4.90 Å². The molecule has 0 aliphatic carbocycles. The predicted octanol–water partition coefficient (Wildman–Crippen LogP) is 3.40. The van der Waals surface area contributed by atoms with Gasteiger partial charge < -0.3 is 0 Å². The van der Waals surface area contributed by atoms with Gasteiger partial charge >= 0.3 is 6.55 Å². The summed E-state index contributed by atoms with van der Waals surface area (Å²) in [6.45, 7) is 0.713. The molecule has 1 saturated heterocycles. The summed E-state index contributed by atoms with van der Waals surface area (Å²) in [5.74, 6) is 0. The second-order valence-corrected chi connectivity index (χ2v) is 8.99. The molecule has 1 fully saturated rings. The summed E-state index contributed by atoms with van der Waals surface area (Å²) in [5, 5.41) is 4.54. The molecule has 0 amide bonds. The summed E-state index contributed by atoms with van der Waals surface area (Å²) in [5.41, 5.74) is 1.04. The lowest BCUT2D eigenvalue weighted by atomic mass is 10.2. The summed E-state index contributed by atoms with van der Waals surface area (Å²) < 4.78 is 52.7. The molecule has 1 aromatic heterocycles. The number of hydrogen-bond donors (Lipinski definition) is 0. The number of rotatable bonds is 5. The van der Waals surface area contributed by atoms with E-state index in [1.807, 2.05) is 6.07 Å². The van der Waals surface area contributed by atoms with Gasteiger partial charge in [0.2, 0.25) is 10.0 Å². The Bertz CT molecular complexity index is 928. The molecule has 0 spiro atoms. The van der Waals surface area contributed by atoms with Crippen molar-refractivity contribution in [3.05, 3.63) is 45.7 Å². The molecule has 0 saturated carbocycles. The highest BCUT2D eigenvalue weighted by molar-refractivity contribution is 7.89. The van der Waals surface area contributed by atoms with Crippen LogP contribution in [0.1, 0.15) is 17.8 Å². The molecule has 2 heterocycles. The van der Waals surface area contributed by atoms with Crippen molar-refractivity contribution in [2.24, 2.45) is 0 Å². The van der Waals surface area contributed by atoms with E-state index in [4.69, 9.17) is 23.2 Å². The van der Waals surface area contributed by atoms with Crippen LogP contribution in [0, 0.1) is 6.92 Å². The average molecular weight is 439 g/mol. The Labute approximate surface area is 166 Å². The Morgan fingerprint density at radius 3 is 2.37 bits per heavy atom. The molecule has 3 rings (SSSR count). The molecule has 0 N–H and O–H groups in total. The van der Waals surface area contributed by atoms with E-state index >= 15 is 0 Å². The van der Waals surface area contributed by atoms with Crippen molar-refractivity contribution >= 4 is 33.2 Å². The topological polar surface area (TPSA) is 58.4 Å². The third-order valence-electron chi connectivity index (χ3n) is 4.41. The van der Waals surface area contributed by atoms with Crippen LogP contribution in [0.4, 0.5) is 8.78 Å². The first-order valence-corrected chi connectivity index (χ1v) is 10.4. The summed E-state index contributed by atoms with van der Waals surface area (Å²) in [6.07, 6.45) is 0.886. The van der Waals surface area contributed by atoms with Crippen LogP contribution in [0.3, 0.4) is 0 Å². The Kier molecular flexibility index (Phi) is 6.07. The quantitative estimate of drug-likeness (QED) is 0.717. The van der Waals surface area contributed by atoms with Gasteiger partial charge in [-0.1, -0.05) is 29.3 Å². The van der Waals surface area contributed by atoms with Gasteiger partial charge in [0, 0.05) is 32.7 Å². The van der Waals surface area contributed by atoms with Crippen LogP contribution in [0.15, 0.2) is 29.3 Å². The summed E-state index contributed by atoms with van der Waals surface area (Å²) >= 11 is 11.9. The van der Waals surface area contributed by atoms with Crippen LogP contribution >= 0.6 is 23.2 Å².